The van der Waals surface area contributed by atoms with E-state index in [1.807, 2.05) is 17.8 Å². The summed E-state index contributed by atoms with van der Waals surface area (Å²) in [6.07, 6.45) is 1.18. The Morgan fingerprint density at radius 1 is 1.39 bits per heavy atom. The largest absolute Gasteiger partial charge is 0.392 e. The second-order valence-corrected chi connectivity index (χ2v) is 7.99. The number of halogens is 1. The lowest BCUT2D eigenvalue weighted by Crippen LogP contribution is -2.27. The Balaban J connectivity index is 2.21. The van der Waals surface area contributed by atoms with Gasteiger partial charge in [0.15, 0.2) is 0 Å². The number of nitrogens with zero attached hydrogens (tertiary/aromatic N) is 1. The number of benzene rings is 1. The molecule has 1 fully saturated rings. The highest BCUT2D eigenvalue weighted by Crippen LogP contribution is 2.33. The first-order valence-corrected chi connectivity index (χ1v) is 8.08. The Bertz CT molecular complexity index is 422. The quantitative estimate of drug-likeness (QED) is 0.895. The van der Waals surface area contributed by atoms with Crippen LogP contribution in [0.15, 0.2) is 22.7 Å². The van der Waals surface area contributed by atoms with Crippen molar-refractivity contribution in [1.82, 2.24) is 0 Å². The molecule has 1 N–H and O–H groups in total. The predicted octanol–water partition coefficient (Wildman–Crippen LogP) is 3.66. The Hall–Kier alpha value is -0.190. The molecule has 0 aliphatic carbocycles. The summed E-state index contributed by atoms with van der Waals surface area (Å²) in [6.45, 7) is 6.85. The normalized spacial score (nSPS) is 19.7. The van der Waals surface area contributed by atoms with Gasteiger partial charge < -0.3 is 10.0 Å². The molecule has 0 radical (unpaired) electrons. The summed E-state index contributed by atoms with van der Waals surface area (Å²) < 4.78 is 1.39. The predicted molar refractivity (Wildman–Crippen MR) is 83.4 cm³/mol. The first kappa shape index (κ1) is 14.2. The summed E-state index contributed by atoms with van der Waals surface area (Å²) in [5.74, 6) is 1.15. The minimum atomic E-state index is 0.0990. The highest BCUT2D eigenvalue weighted by Gasteiger charge is 2.24. The van der Waals surface area contributed by atoms with Gasteiger partial charge in [-0.2, -0.15) is 11.8 Å². The van der Waals surface area contributed by atoms with Crippen LogP contribution in [0.2, 0.25) is 0 Å². The summed E-state index contributed by atoms with van der Waals surface area (Å²) in [6, 6.07) is 6.18. The molecule has 0 aromatic heterocycles. The van der Waals surface area contributed by atoms with Gasteiger partial charge in [-0.25, -0.2) is 0 Å². The monoisotopic (exact) mass is 329 g/mol. The van der Waals surface area contributed by atoms with Crippen LogP contribution in [0.25, 0.3) is 0 Å². The maximum Gasteiger partial charge on any atom is 0.0702 e. The molecular formula is C14H20BrNOS. The first-order valence-electron chi connectivity index (χ1n) is 6.30. The van der Waals surface area contributed by atoms with Crippen molar-refractivity contribution in [3.05, 3.63) is 28.2 Å². The number of aliphatic hydroxyl groups excluding tert-OH is 1. The van der Waals surface area contributed by atoms with Crippen LogP contribution in [0, 0.1) is 0 Å². The smallest absolute Gasteiger partial charge is 0.0702 e. The highest BCUT2D eigenvalue weighted by atomic mass is 79.9. The number of hydrogen-bond acceptors (Lipinski definition) is 3. The lowest BCUT2D eigenvalue weighted by molar-refractivity contribution is 0.282. The summed E-state index contributed by atoms with van der Waals surface area (Å²) in [5.41, 5.74) is 2.19. The van der Waals surface area contributed by atoms with Gasteiger partial charge in [-0.3, -0.25) is 0 Å². The zero-order chi connectivity index (χ0) is 13.2. The van der Waals surface area contributed by atoms with Gasteiger partial charge in [-0.15, -0.1) is 0 Å². The van der Waals surface area contributed by atoms with E-state index in [9.17, 15) is 5.11 Å². The Morgan fingerprint density at radius 3 is 2.89 bits per heavy atom. The number of hydrogen-bond donors (Lipinski definition) is 1. The molecule has 0 spiro atoms. The average molecular weight is 330 g/mol. The highest BCUT2D eigenvalue weighted by molar-refractivity contribution is 9.10. The van der Waals surface area contributed by atoms with Crippen LogP contribution in [-0.4, -0.2) is 28.7 Å². The van der Waals surface area contributed by atoms with Crippen LogP contribution in [-0.2, 0) is 6.61 Å². The van der Waals surface area contributed by atoms with Gasteiger partial charge >= 0.3 is 0 Å². The molecule has 2 rings (SSSR count). The molecule has 2 nitrogen and oxygen atoms in total. The molecule has 100 valence electrons. The third-order valence-corrected chi connectivity index (χ3v) is 5.26. The van der Waals surface area contributed by atoms with Crippen molar-refractivity contribution in [1.29, 1.82) is 0 Å². The van der Waals surface area contributed by atoms with Crippen LogP contribution in [0.4, 0.5) is 5.69 Å². The van der Waals surface area contributed by atoms with Crippen molar-refractivity contribution < 1.29 is 5.11 Å². The molecule has 0 unspecified atom stereocenters. The standard InChI is InChI=1S/C14H20BrNOS/c1-14(2)5-6-16(7-8-18-14)13-4-3-12(15)9-11(13)10-17/h3-4,9,17H,5-8,10H2,1-2H3. The molecular weight excluding hydrogens is 310 g/mol. The summed E-state index contributed by atoms with van der Waals surface area (Å²) >= 11 is 5.50. The van der Waals surface area contributed by atoms with E-state index in [0.717, 1.165) is 28.9 Å². The van der Waals surface area contributed by atoms with Gasteiger partial charge in [0.2, 0.25) is 0 Å². The van der Waals surface area contributed by atoms with Gasteiger partial charge in [0.05, 0.1) is 6.61 Å². The zero-order valence-electron chi connectivity index (χ0n) is 10.9. The van der Waals surface area contributed by atoms with Crippen molar-refractivity contribution in [2.45, 2.75) is 31.6 Å². The Kier molecular flexibility index (Phi) is 4.62. The summed E-state index contributed by atoms with van der Waals surface area (Å²) in [4.78, 5) is 2.40. The molecule has 1 saturated heterocycles. The minimum absolute atomic E-state index is 0.0990. The molecule has 1 aliphatic rings. The first-order chi connectivity index (χ1) is 8.52. The lowest BCUT2D eigenvalue weighted by atomic mass is 10.1. The second kappa shape index (κ2) is 5.85. The fourth-order valence-electron chi connectivity index (χ4n) is 2.25. The SMILES string of the molecule is CC1(C)CCN(c2ccc(Br)cc2CO)CCS1. The van der Waals surface area contributed by atoms with Gasteiger partial charge in [0, 0.05) is 39.3 Å². The van der Waals surface area contributed by atoms with Gasteiger partial charge in [0.25, 0.3) is 0 Å². The molecule has 1 aliphatic heterocycles. The van der Waals surface area contributed by atoms with E-state index in [2.05, 4.69) is 46.8 Å². The number of rotatable bonds is 2. The number of aliphatic hydroxyl groups is 1. The van der Waals surface area contributed by atoms with E-state index in [4.69, 9.17) is 0 Å². The minimum Gasteiger partial charge on any atom is -0.392 e. The van der Waals surface area contributed by atoms with Crippen molar-refractivity contribution >= 4 is 33.4 Å². The van der Waals surface area contributed by atoms with Crippen LogP contribution in [0.5, 0.6) is 0 Å². The van der Waals surface area contributed by atoms with Crippen LogP contribution < -0.4 is 4.90 Å². The molecule has 1 aromatic rings. The van der Waals surface area contributed by atoms with Crippen molar-refractivity contribution in [2.24, 2.45) is 0 Å². The van der Waals surface area contributed by atoms with Crippen LogP contribution in [0.1, 0.15) is 25.8 Å². The van der Waals surface area contributed by atoms with E-state index in [1.165, 1.54) is 12.1 Å². The second-order valence-electron chi connectivity index (χ2n) is 5.28. The van der Waals surface area contributed by atoms with E-state index in [-0.39, 0.29) is 6.61 Å². The molecule has 1 aromatic carbocycles. The fourth-order valence-corrected chi connectivity index (χ4v) is 3.76. The maximum absolute atomic E-state index is 9.49. The molecule has 4 heteroatoms. The van der Waals surface area contributed by atoms with Crippen molar-refractivity contribution in [3.63, 3.8) is 0 Å². The molecule has 0 bridgehead atoms. The van der Waals surface area contributed by atoms with Gasteiger partial charge in [-0.1, -0.05) is 29.8 Å². The maximum atomic E-state index is 9.49. The number of anilines is 1. The molecule has 1 heterocycles. The van der Waals surface area contributed by atoms with Gasteiger partial charge in [0.1, 0.15) is 0 Å². The third kappa shape index (κ3) is 3.43. The molecule has 0 saturated carbocycles. The number of thioether (sulfide) groups is 1. The van der Waals surface area contributed by atoms with E-state index >= 15 is 0 Å². The van der Waals surface area contributed by atoms with E-state index in [1.54, 1.807) is 0 Å². The zero-order valence-corrected chi connectivity index (χ0v) is 13.4. The fraction of sp³-hybridized carbons (Fsp3) is 0.571. The van der Waals surface area contributed by atoms with Crippen molar-refractivity contribution in [2.75, 3.05) is 23.7 Å². The molecule has 0 atom stereocenters. The summed E-state index contributed by atoms with van der Waals surface area (Å²) in [5, 5.41) is 9.49. The average Bonchev–Trinajstić information content (AvgIpc) is 2.50. The lowest BCUT2D eigenvalue weighted by Gasteiger charge is -2.26. The van der Waals surface area contributed by atoms with Crippen LogP contribution >= 0.6 is 27.7 Å². The Morgan fingerprint density at radius 2 is 2.17 bits per heavy atom. The van der Waals surface area contributed by atoms with E-state index < -0.39 is 0 Å². The molecule has 0 amide bonds. The summed E-state index contributed by atoms with van der Waals surface area (Å²) in [7, 11) is 0. The van der Waals surface area contributed by atoms with Crippen LogP contribution in [0.3, 0.4) is 0 Å². The van der Waals surface area contributed by atoms with E-state index in [0.29, 0.717) is 4.75 Å². The van der Waals surface area contributed by atoms with Crippen molar-refractivity contribution in [3.8, 4) is 0 Å². The third-order valence-electron chi connectivity index (χ3n) is 3.39. The molecule has 18 heavy (non-hydrogen) atoms. The van der Waals surface area contributed by atoms with Gasteiger partial charge in [-0.05, 0) is 24.6 Å². The Labute approximate surface area is 122 Å². The topological polar surface area (TPSA) is 23.5 Å².